The number of nitrogens with two attached hydrogens (primary N) is 2. The number of halogens is 1. The third kappa shape index (κ3) is 3.14. The maximum atomic E-state index is 14.1. The van der Waals surface area contributed by atoms with Crippen LogP contribution in [0.25, 0.3) is 21.9 Å². The van der Waals surface area contributed by atoms with Gasteiger partial charge in [-0.25, -0.2) is 4.39 Å². The molecule has 0 saturated carbocycles. The van der Waals surface area contributed by atoms with Crippen LogP contribution < -0.4 is 16.2 Å². The van der Waals surface area contributed by atoms with E-state index in [1.165, 1.54) is 13.2 Å². The van der Waals surface area contributed by atoms with Crippen molar-refractivity contribution in [3.63, 3.8) is 0 Å². The Morgan fingerprint density at radius 3 is 2.48 bits per heavy atom. The molecule has 0 fully saturated rings. The average Bonchev–Trinajstić information content (AvgIpc) is 2.60. The van der Waals surface area contributed by atoms with Crippen LogP contribution in [0.2, 0.25) is 0 Å². The van der Waals surface area contributed by atoms with Crippen molar-refractivity contribution < 1.29 is 13.9 Å². The maximum absolute atomic E-state index is 14.1. The molecule has 0 aliphatic heterocycles. The van der Waals surface area contributed by atoms with Crippen LogP contribution in [0.4, 0.5) is 4.39 Å². The summed E-state index contributed by atoms with van der Waals surface area (Å²) in [5.41, 5.74) is 12.2. The first-order valence-electron chi connectivity index (χ1n) is 7.51. The number of nitrogens with zero attached hydrogens (tertiary/aromatic N) is 1. The van der Waals surface area contributed by atoms with Crippen molar-refractivity contribution in [3.05, 3.63) is 66.0 Å². The molecule has 3 aromatic carbocycles. The molecule has 3 rings (SSSR count). The van der Waals surface area contributed by atoms with Gasteiger partial charge in [-0.3, -0.25) is 4.79 Å². The molecule has 0 unspecified atom stereocenters. The largest absolute Gasteiger partial charge is 0.493 e. The molecule has 0 saturated heterocycles. The monoisotopic (exact) mass is 337 g/mol. The highest BCUT2D eigenvalue weighted by atomic mass is 19.1. The van der Waals surface area contributed by atoms with E-state index in [0.29, 0.717) is 11.1 Å². The van der Waals surface area contributed by atoms with E-state index < -0.39 is 11.7 Å². The van der Waals surface area contributed by atoms with Crippen LogP contribution in [0, 0.1) is 5.82 Å². The molecule has 0 aliphatic rings. The highest BCUT2D eigenvalue weighted by Gasteiger charge is 2.14. The van der Waals surface area contributed by atoms with Gasteiger partial charge in [0.05, 0.1) is 7.11 Å². The van der Waals surface area contributed by atoms with Crippen LogP contribution in [0.3, 0.4) is 0 Å². The quantitative estimate of drug-likeness (QED) is 0.568. The number of benzene rings is 3. The number of carbonyl (C=O) groups excluding carboxylic acids is 1. The Hall–Kier alpha value is -3.41. The summed E-state index contributed by atoms with van der Waals surface area (Å²) in [6.45, 7) is 0. The Labute approximate surface area is 143 Å². The second kappa shape index (κ2) is 6.60. The Bertz CT molecular complexity index is 995. The second-order valence-corrected chi connectivity index (χ2v) is 5.40. The molecule has 1 amide bonds. The van der Waals surface area contributed by atoms with Gasteiger partial charge in [-0.1, -0.05) is 36.4 Å². The predicted octanol–water partition coefficient (Wildman–Crippen LogP) is 3.07. The minimum absolute atomic E-state index is 0.149. The SMILES string of the molecule is COc1c(F)cccc1-c1cccc2ccc(C(=O)N=C(N)N)cc12. The topological polar surface area (TPSA) is 90.7 Å². The van der Waals surface area contributed by atoms with E-state index >= 15 is 0 Å². The molecule has 0 aliphatic carbocycles. The molecule has 0 atom stereocenters. The minimum Gasteiger partial charge on any atom is -0.493 e. The van der Waals surface area contributed by atoms with E-state index in [2.05, 4.69) is 4.99 Å². The van der Waals surface area contributed by atoms with E-state index in [4.69, 9.17) is 16.2 Å². The maximum Gasteiger partial charge on any atom is 0.280 e. The summed E-state index contributed by atoms with van der Waals surface area (Å²) in [5, 5.41) is 1.66. The summed E-state index contributed by atoms with van der Waals surface area (Å²) in [5.74, 6) is -1.14. The number of ether oxygens (including phenoxy) is 1. The van der Waals surface area contributed by atoms with Gasteiger partial charge in [0.25, 0.3) is 5.91 Å². The second-order valence-electron chi connectivity index (χ2n) is 5.40. The average molecular weight is 337 g/mol. The summed E-state index contributed by atoms with van der Waals surface area (Å²) in [7, 11) is 1.42. The first-order chi connectivity index (χ1) is 12.0. The van der Waals surface area contributed by atoms with Crippen LogP contribution in [-0.2, 0) is 0 Å². The number of methoxy groups -OCH3 is 1. The fraction of sp³-hybridized carbons (Fsp3) is 0.0526. The number of fused-ring (bicyclic) bond motifs is 1. The van der Waals surface area contributed by atoms with E-state index in [1.807, 2.05) is 18.2 Å². The Balaban J connectivity index is 2.25. The number of amides is 1. The lowest BCUT2D eigenvalue weighted by atomic mass is 9.96. The summed E-state index contributed by atoms with van der Waals surface area (Å²) in [6.07, 6.45) is 0. The van der Waals surface area contributed by atoms with Crippen molar-refractivity contribution in [1.29, 1.82) is 0 Å². The molecular formula is C19H16FN3O2. The lowest BCUT2D eigenvalue weighted by molar-refractivity contribution is 0.100. The zero-order valence-electron chi connectivity index (χ0n) is 13.5. The van der Waals surface area contributed by atoms with E-state index in [1.54, 1.807) is 30.3 Å². The number of aliphatic imine (C=N–C) groups is 1. The molecule has 0 radical (unpaired) electrons. The first kappa shape index (κ1) is 16.4. The molecule has 4 N–H and O–H groups in total. The molecule has 6 heteroatoms. The number of hydrogen-bond donors (Lipinski definition) is 2. The molecule has 3 aromatic rings. The number of para-hydroxylation sites is 1. The summed E-state index contributed by atoms with van der Waals surface area (Å²) in [4.78, 5) is 15.6. The number of guanidine groups is 1. The normalized spacial score (nSPS) is 10.5. The molecular weight excluding hydrogens is 321 g/mol. The van der Waals surface area contributed by atoms with Gasteiger partial charge in [0.2, 0.25) is 0 Å². The highest BCUT2D eigenvalue weighted by molar-refractivity contribution is 6.06. The molecule has 0 spiro atoms. The fourth-order valence-corrected chi connectivity index (χ4v) is 2.75. The first-order valence-corrected chi connectivity index (χ1v) is 7.51. The summed E-state index contributed by atoms with van der Waals surface area (Å²) < 4.78 is 19.3. The van der Waals surface area contributed by atoms with E-state index in [-0.39, 0.29) is 11.7 Å². The molecule has 25 heavy (non-hydrogen) atoms. The number of carbonyl (C=O) groups is 1. The lowest BCUT2D eigenvalue weighted by Crippen LogP contribution is -2.24. The van der Waals surface area contributed by atoms with Gasteiger partial charge in [0, 0.05) is 11.1 Å². The summed E-state index contributed by atoms with van der Waals surface area (Å²) in [6, 6.07) is 15.4. The Morgan fingerprint density at radius 2 is 1.76 bits per heavy atom. The van der Waals surface area contributed by atoms with Crippen LogP contribution >= 0.6 is 0 Å². The van der Waals surface area contributed by atoms with Crippen LogP contribution in [0.5, 0.6) is 5.75 Å². The van der Waals surface area contributed by atoms with Gasteiger partial charge < -0.3 is 16.2 Å². The molecule has 126 valence electrons. The van der Waals surface area contributed by atoms with Gasteiger partial charge in [0.15, 0.2) is 17.5 Å². The third-order valence-corrected chi connectivity index (χ3v) is 3.82. The van der Waals surface area contributed by atoms with Gasteiger partial charge in [-0.2, -0.15) is 4.99 Å². The van der Waals surface area contributed by atoms with Gasteiger partial charge in [0.1, 0.15) is 0 Å². The van der Waals surface area contributed by atoms with Crippen molar-refractivity contribution in [1.82, 2.24) is 0 Å². The van der Waals surface area contributed by atoms with E-state index in [0.717, 1.165) is 16.3 Å². The van der Waals surface area contributed by atoms with Gasteiger partial charge in [-0.05, 0) is 34.5 Å². The molecule has 0 heterocycles. The molecule has 5 nitrogen and oxygen atoms in total. The van der Waals surface area contributed by atoms with Gasteiger partial charge in [-0.15, -0.1) is 0 Å². The van der Waals surface area contributed by atoms with Crippen molar-refractivity contribution in [3.8, 4) is 16.9 Å². The predicted molar refractivity (Wildman–Crippen MR) is 96.0 cm³/mol. The minimum atomic E-state index is -0.539. The molecule has 0 bridgehead atoms. The van der Waals surface area contributed by atoms with E-state index in [9.17, 15) is 9.18 Å². The standard InChI is InChI=1S/C19H16FN3O2/c1-25-17-14(6-3-7-16(17)20)13-5-2-4-11-8-9-12(10-15(11)13)18(24)23-19(21)22/h2-10H,1H3,(H4,21,22,23,24). The molecule has 0 aromatic heterocycles. The van der Waals surface area contributed by atoms with Crippen LogP contribution in [0.1, 0.15) is 10.4 Å². The Morgan fingerprint density at radius 1 is 1.04 bits per heavy atom. The van der Waals surface area contributed by atoms with Gasteiger partial charge >= 0.3 is 0 Å². The summed E-state index contributed by atoms with van der Waals surface area (Å²) >= 11 is 0. The zero-order chi connectivity index (χ0) is 18.0. The third-order valence-electron chi connectivity index (χ3n) is 3.82. The number of rotatable bonds is 3. The van der Waals surface area contributed by atoms with Crippen LogP contribution in [0.15, 0.2) is 59.6 Å². The van der Waals surface area contributed by atoms with Crippen molar-refractivity contribution in [2.75, 3.05) is 7.11 Å². The smallest absolute Gasteiger partial charge is 0.280 e. The van der Waals surface area contributed by atoms with Crippen molar-refractivity contribution in [2.24, 2.45) is 16.5 Å². The highest BCUT2D eigenvalue weighted by Crippen LogP contribution is 2.36. The van der Waals surface area contributed by atoms with Crippen molar-refractivity contribution in [2.45, 2.75) is 0 Å². The van der Waals surface area contributed by atoms with Crippen molar-refractivity contribution >= 4 is 22.6 Å². The fourth-order valence-electron chi connectivity index (χ4n) is 2.75. The zero-order valence-corrected chi connectivity index (χ0v) is 13.5. The lowest BCUT2D eigenvalue weighted by Gasteiger charge is -2.12. The number of hydrogen-bond acceptors (Lipinski definition) is 2. The Kier molecular flexibility index (Phi) is 4.35. The van der Waals surface area contributed by atoms with Crippen LogP contribution in [-0.4, -0.2) is 19.0 Å².